The summed E-state index contributed by atoms with van der Waals surface area (Å²) < 4.78 is 5.30. The van der Waals surface area contributed by atoms with Gasteiger partial charge in [0.15, 0.2) is 0 Å². The van der Waals surface area contributed by atoms with Crippen molar-refractivity contribution in [1.29, 1.82) is 0 Å². The molecule has 122 valence electrons. The first kappa shape index (κ1) is 16.0. The van der Waals surface area contributed by atoms with Gasteiger partial charge < -0.3 is 15.2 Å². The summed E-state index contributed by atoms with van der Waals surface area (Å²) in [6.07, 6.45) is 2.06. The van der Waals surface area contributed by atoms with Gasteiger partial charge in [-0.3, -0.25) is 4.79 Å². The van der Waals surface area contributed by atoms with Crippen LogP contribution in [0.25, 0.3) is 11.4 Å². The average Bonchev–Trinajstić information content (AvgIpc) is 3.24. The van der Waals surface area contributed by atoms with Gasteiger partial charge >= 0.3 is 0 Å². The van der Waals surface area contributed by atoms with E-state index >= 15 is 0 Å². The molecule has 0 unspecified atom stereocenters. The van der Waals surface area contributed by atoms with Gasteiger partial charge in [-0.15, -0.1) is 0 Å². The standard InChI is InChI=1S/C16H19ClN4O2/c1-10(13(18)16(22)21-8-4-5-9-21)15-19-14(20-23-15)11-6-2-3-7-12(11)17/h2-3,6-7,10,13H,4-5,8-9,18H2,1H3/t10-,13-/m0/s1. The van der Waals surface area contributed by atoms with Gasteiger partial charge in [-0.1, -0.05) is 35.8 Å². The minimum Gasteiger partial charge on any atom is -0.341 e. The Morgan fingerprint density at radius 3 is 2.74 bits per heavy atom. The molecule has 1 saturated heterocycles. The molecule has 23 heavy (non-hydrogen) atoms. The third-order valence-electron chi connectivity index (χ3n) is 4.19. The highest BCUT2D eigenvalue weighted by molar-refractivity contribution is 6.33. The summed E-state index contributed by atoms with van der Waals surface area (Å²) in [5.41, 5.74) is 6.80. The SMILES string of the molecule is C[C@H](c1nc(-c2ccccc2Cl)no1)[C@H](N)C(=O)N1CCCC1. The number of benzene rings is 1. The first-order chi connectivity index (χ1) is 11.1. The molecule has 2 aromatic rings. The monoisotopic (exact) mass is 334 g/mol. The van der Waals surface area contributed by atoms with Crippen molar-refractivity contribution in [2.45, 2.75) is 31.7 Å². The maximum atomic E-state index is 12.4. The Morgan fingerprint density at radius 1 is 1.35 bits per heavy atom. The molecule has 1 aromatic heterocycles. The van der Waals surface area contributed by atoms with Crippen molar-refractivity contribution in [3.8, 4) is 11.4 Å². The maximum Gasteiger partial charge on any atom is 0.240 e. The molecule has 0 radical (unpaired) electrons. The minimum absolute atomic E-state index is 0.0625. The van der Waals surface area contributed by atoms with Gasteiger partial charge in [0.25, 0.3) is 0 Å². The summed E-state index contributed by atoms with van der Waals surface area (Å²) in [6, 6.07) is 6.58. The molecule has 1 aliphatic rings. The van der Waals surface area contributed by atoms with Crippen LogP contribution in [0.15, 0.2) is 28.8 Å². The van der Waals surface area contributed by atoms with Gasteiger partial charge in [0.1, 0.15) is 0 Å². The number of carbonyl (C=O) groups is 1. The smallest absolute Gasteiger partial charge is 0.240 e. The van der Waals surface area contributed by atoms with Crippen LogP contribution < -0.4 is 5.73 Å². The third-order valence-corrected chi connectivity index (χ3v) is 4.52. The molecule has 0 spiro atoms. The van der Waals surface area contributed by atoms with Gasteiger partial charge in [-0.05, 0) is 25.0 Å². The second kappa shape index (κ2) is 6.68. The third kappa shape index (κ3) is 3.23. The number of likely N-dealkylation sites (tertiary alicyclic amines) is 1. The molecule has 0 bridgehead atoms. The van der Waals surface area contributed by atoms with E-state index in [1.165, 1.54) is 0 Å². The number of nitrogens with two attached hydrogens (primary N) is 1. The molecule has 0 saturated carbocycles. The van der Waals surface area contributed by atoms with Gasteiger partial charge in [0.2, 0.25) is 17.6 Å². The summed E-state index contributed by atoms with van der Waals surface area (Å²) in [6.45, 7) is 3.37. The number of aromatic nitrogens is 2. The fourth-order valence-corrected chi connectivity index (χ4v) is 2.91. The predicted molar refractivity (Wildman–Crippen MR) is 86.9 cm³/mol. The van der Waals surface area contributed by atoms with Crippen molar-refractivity contribution in [1.82, 2.24) is 15.0 Å². The van der Waals surface area contributed by atoms with E-state index in [0.29, 0.717) is 22.3 Å². The highest BCUT2D eigenvalue weighted by Crippen LogP contribution is 2.27. The van der Waals surface area contributed by atoms with Crippen molar-refractivity contribution in [2.75, 3.05) is 13.1 Å². The Kier molecular flexibility index (Phi) is 4.63. The summed E-state index contributed by atoms with van der Waals surface area (Å²) in [5.74, 6) is 0.331. The molecular weight excluding hydrogens is 316 g/mol. The van der Waals surface area contributed by atoms with Gasteiger partial charge in [0, 0.05) is 18.7 Å². The van der Waals surface area contributed by atoms with Crippen LogP contribution in [0.5, 0.6) is 0 Å². The topological polar surface area (TPSA) is 85.2 Å². The minimum atomic E-state index is -0.687. The van der Waals surface area contributed by atoms with Crippen LogP contribution in [0.4, 0.5) is 0 Å². The van der Waals surface area contributed by atoms with E-state index in [-0.39, 0.29) is 11.8 Å². The Bertz CT molecular complexity index is 697. The van der Waals surface area contributed by atoms with E-state index in [1.807, 2.05) is 25.1 Å². The summed E-state index contributed by atoms with van der Waals surface area (Å²) >= 11 is 6.14. The lowest BCUT2D eigenvalue weighted by atomic mass is 10.0. The lowest BCUT2D eigenvalue weighted by Gasteiger charge is -2.22. The lowest BCUT2D eigenvalue weighted by molar-refractivity contribution is -0.132. The molecule has 1 aromatic carbocycles. The summed E-state index contributed by atoms with van der Waals surface area (Å²) in [4.78, 5) is 18.5. The van der Waals surface area contributed by atoms with Crippen molar-refractivity contribution >= 4 is 17.5 Å². The molecule has 3 rings (SSSR count). The van der Waals surface area contributed by atoms with Crippen molar-refractivity contribution in [3.05, 3.63) is 35.2 Å². The fourth-order valence-electron chi connectivity index (χ4n) is 2.69. The second-order valence-electron chi connectivity index (χ2n) is 5.78. The van der Waals surface area contributed by atoms with Crippen LogP contribution in [0, 0.1) is 0 Å². The Balaban J connectivity index is 1.77. The Morgan fingerprint density at radius 2 is 2.04 bits per heavy atom. The number of hydrogen-bond acceptors (Lipinski definition) is 5. The lowest BCUT2D eigenvalue weighted by Crippen LogP contribution is -2.45. The van der Waals surface area contributed by atoms with Gasteiger partial charge in [0.05, 0.1) is 17.0 Å². The van der Waals surface area contributed by atoms with Crippen LogP contribution in [0.2, 0.25) is 5.02 Å². The molecule has 1 fully saturated rings. The second-order valence-corrected chi connectivity index (χ2v) is 6.19. The van der Waals surface area contributed by atoms with Crippen molar-refractivity contribution < 1.29 is 9.32 Å². The first-order valence-corrected chi connectivity index (χ1v) is 8.08. The molecule has 0 aliphatic carbocycles. The summed E-state index contributed by atoms with van der Waals surface area (Å²) in [5, 5.41) is 4.50. The molecule has 2 atom stereocenters. The molecular formula is C16H19ClN4O2. The zero-order chi connectivity index (χ0) is 16.4. The highest BCUT2D eigenvalue weighted by Gasteiger charge is 2.31. The van der Waals surface area contributed by atoms with E-state index < -0.39 is 6.04 Å². The molecule has 2 heterocycles. The number of halogens is 1. The number of nitrogens with zero attached hydrogens (tertiary/aromatic N) is 3. The van der Waals surface area contributed by atoms with E-state index in [0.717, 1.165) is 25.9 Å². The van der Waals surface area contributed by atoms with E-state index in [9.17, 15) is 4.79 Å². The Labute approximate surface area is 139 Å². The number of amides is 1. The van der Waals surface area contributed by atoms with Gasteiger partial charge in [-0.25, -0.2) is 0 Å². The van der Waals surface area contributed by atoms with Crippen LogP contribution in [-0.4, -0.2) is 40.1 Å². The van der Waals surface area contributed by atoms with Crippen LogP contribution >= 0.6 is 11.6 Å². The van der Waals surface area contributed by atoms with Crippen LogP contribution in [0.3, 0.4) is 0 Å². The normalized spacial score (nSPS) is 17.3. The average molecular weight is 335 g/mol. The number of hydrogen-bond donors (Lipinski definition) is 1. The summed E-state index contributed by atoms with van der Waals surface area (Å²) in [7, 11) is 0. The van der Waals surface area contributed by atoms with E-state index in [2.05, 4.69) is 10.1 Å². The van der Waals surface area contributed by atoms with Gasteiger partial charge in [-0.2, -0.15) is 4.98 Å². The van der Waals surface area contributed by atoms with Crippen molar-refractivity contribution in [3.63, 3.8) is 0 Å². The van der Waals surface area contributed by atoms with Crippen LogP contribution in [-0.2, 0) is 4.79 Å². The zero-order valence-electron chi connectivity index (χ0n) is 12.9. The molecule has 1 amide bonds. The Hall–Kier alpha value is -1.92. The molecule has 7 heteroatoms. The van der Waals surface area contributed by atoms with Crippen molar-refractivity contribution in [2.24, 2.45) is 5.73 Å². The molecule has 1 aliphatic heterocycles. The van der Waals surface area contributed by atoms with E-state index in [1.54, 1.807) is 11.0 Å². The molecule has 6 nitrogen and oxygen atoms in total. The largest absolute Gasteiger partial charge is 0.341 e. The molecule has 2 N–H and O–H groups in total. The fraction of sp³-hybridized carbons (Fsp3) is 0.438. The quantitative estimate of drug-likeness (QED) is 0.928. The number of carbonyl (C=O) groups excluding carboxylic acids is 1. The maximum absolute atomic E-state index is 12.4. The number of rotatable bonds is 4. The highest BCUT2D eigenvalue weighted by atomic mass is 35.5. The predicted octanol–water partition coefficient (Wildman–Crippen LogP) is 2.44. The first-order valence-electron chi connectivity index (χ1n) is 7.71. The zero-order valence-corrected chi connectivity index (χ0v) is 13.7. The van der Waals surface area contributed by atoms with Crippen LogP contribution in [0.1, 0.15) is 31.6 Å². The van der Waals surface area contributed by atoms with E-state index in [4.69, 9.17) is 21.9 Å².